The van der Waals surface area contributed by atoms with Crippen molar-refractivity contribution in [2.24, 2.45) is 11.8 Å². The molecule has 0 spiro atoms. The molecule has 0 aliphatic heterocycles. The van der Waals surface area contributed by atoms with E-state index in [-0.39, 0.29) is 12.8 Å². The molecule has 0 saturated heterocycles. The second kappa shape index (κ2) is 28.0. The van der Waals surface area contributed by atoms with Crippen LogP contribution in [0.3, 0.4) is 0 Å². The summed E-state index contributed by atoms with van der Waals surface area (Å²) in [6.07, 6.45) is 9.55. The third kappa shape index (κ3) is 35.4. The van der Waals surface area contributed by atoms with E-state index in [1.165, 1.54) is 38.5 Å². The molecule has 0 bridgehead atoms. The second-order valence-corrected chi connectivity index (χ2v) is 8.69. The summed E-state index contributed by atoms with van der Waals surface area (Å²) in [6, 6.07) is 0. The van der Waals surface area contributed by atoms with E-state index in [1.807, 2.05) is 0 Å². The van der Waals surface area contributed by atoms with Crippen molar-refractivity contribution in [1.29, 1.82) is 0 Å². The third-order valence-electron chi connectivity index (χ3n) is 5.26. The molecule has 0 aromatic carbocycles. The molecular formula is C26H54O8. The summed E-state index contributed by atoms with van der Waals surface area (Å²) in [5.41, 5.74) is 0. The van der Waals surface area contributed by atoms with Crippen LogP contribution in [-0.4, -0.2) is 58.2 Å². The maximum atomic E-state index is 9.90. The standard InChI is InChI=1S/2C10H22O2.C6H10O4/c2*1-4-6-7-10(5-2)8-12-9(3)11;7-5(8)3-1-2-4-6(9)10/h2*9-11H,4-8H2,1-3H3;1-4H2,(H,7,8)(H,9,10). The summed E-state index contributed by atoms with van der Waals surface area (Å²) in [5, 5.41) is 34.1. The number of unbranched alkanes of at least 4 members (excludes halogenated alkanes) is 3. The van der Waals surface area contributed by atoms with Crippen LogP contribution in [0.5, 0.6) is 0 Å². The Kier molecular flexibility index (Phi) is 30.8. The smallest absolute Gasteiger partial charge is 0.303 e. The Morgan fingerprint density at radius 1 is 0.647 bits per heavy atom. The normalized spacial score (nSPS) is 14.0. The number of aliphatic hydroxyl groups is 2. The Hall–Kier alpha value is -1.22. The van der Waals surface area contributed by atoms with Crippen LogP contribution in [0.2, 0.25) is 0 Å². The van der Waals surface area contributed by atoms with Crippen LogP contribution in [0.15, 0.2) is 0 Å². The van der Waals surface area contributed by atoms with Crippen LogP contribution in [0.1, 0.15) is 119 Å². The van der Waals surface area contributed by atoms with Gasteiger partial charge in [-0.1, -0.05) is 66.2 Å². The van der Waals surface area contributed by atoms with Gasteiger partial charge < -0.3 is 29.9 Å². The van der Waals surface area contributed by atoms with Crippen molar-refractivity contribution in [2.75, 3.05) is 13.2 Å². The van der Waals surface area contributed by atoms with Gasteiger partial charge in [0.25, 0.3) is 0 Å². The lowest BCUT2D eigenvalue weighted by Gasteiger charge is -2.15. The number of carbonyl (C=O) groups is 2. The first-order chi connectivity index (χ1) is 16.0. The van der Waals surface area contributed by atoms with E-state index < -0.39 is 24.5 Å². The van der Waals surface area contributed by atoms with Gasteiger partial charge in [-0.3, -0.25) is 9.59 Å². The van der Waals surface area contributed by atoms with Gasteiger partial charge in [0.05, 0.1) is 13.2 Å². The Morgan fingerprint density at radius 3 is 1.18 bits per heavy atom. The van der Waals surface area contributed by atoms with E-state index >= 15 is 0 Å². The highest BCUT2D eigenvalue weighted by Gasteiger charge is 2.07. The van der Waals surface area contributed by atoms with Gasteiger partial charge in [-0.15, -0.1) is 0 Å². The first-order valence-electron chi connectivity index (χ1n) is 13.1. The van der Waals surface area contributed by atoms with Crippen LogP contribution in [-0.2, 0) is 19.1 Å². The van der Waals surface area contributed by atoms with Crippen molar-refractivity contribution in [3.63, 3.8) is 0 Å². The van der Waals surface area contributed by atoms with E-state index in [2.05, 4.69) is 27.7 Å². The molecule has 4 unspecified atom stereocenters. The topological polar surface area (TPSA) is 134 Å². The molecule has 4 N–H and O–H groups in total. The number of ether oxygens (including phenoxy) is 2. The summed E-state index contributed by atoms with van der Waals surface area (Å²) in [5.74, 6) is -0.491. The zero-order valence-corrected chi connectivity index (χ0v) is 22.6. The minimum absolute atomic E-state index is 0.0628. The SMILES string of the molecule is CCCCC(CC)COC(C)O.CCCCC(CC)COC(C)O.O=C(O)CCCCC(=O)O. The highest BCUT2D eigenvalue weighted by atomic mass is 16.6. The lowest BCUT2D eigenvalue weighted by Crippen LogP contribution is -2.14. The lowest BCUT2D eigenvalue weighted by atomic mass is 10.0. The maximum absolute atomic E-state index is 9.90. The number of aliphatic carboxylic acids is 2. The van der Waals surface area contributed by atoms with E-state index in [9.17, 15) is 9.59 Å². The molecule has 34 heavy (non-hydrogen) atoms. The van der Waals surface area contributed by atoms with Crippen molar-refractivity contribution < 1.29 is 39.5 Å². The molecule has 8 heteroatoms. The van der Waals surface area contributed by atoms with Gasteiger partial charge in [0.1, 0.15) is 0 Å². The van der Waals surface area contributed by atoms with Crippen molar-refractivity contribution in [3.8, 4) is 0 Å². The summed E-state index contributed by atoms with van der Waals surface area (Å²) >= 11 is 0. The quantitative estimate of drug-likeness (QED) is 0.130. The molecule has 0 aromatic rings. The van der Waals surface area contributed by atoms with Gasteiger partial charge in [0.15, 0.2) is 12.6 Å². The molecule has 0 radical (unpaired) electrons. The fourth-order valence-electron chi connectivity index (χ4n) is 2.90. The second-order valence-electron chi connectivity index (χ2n) is 8.69. The molecule has 0 aromatic heterocycles. The number of hydrogen-bond acceptors (Lipinski definition) is 6. The Balaban J connectivity index is -0.000000426. The average molecular weight is 495 g/mol. The predicted octanol–water partition coefficient (Wildman–Crippen LogP) is 5.83. The number of carboxylic acid groups (broad SMARTS) is 2. The molecule has 0 heterocycles. The highest BCUT2D eigenvalue weighted by Crippen LogP contribution is 2.14. The summed E-state index contributed by atoms with van der Waals surface area (Å²) in [7, 11) is 0. The van der Waals surface area contributed by atoms with Gasteiger partial charge in [0, 0.05) is 12.8 Å². The van der Waals surface area contributed by atoms with Crippen LogP contribution < -0.4 is 0 Å². The first kappa shape index (κ1) is 37.3. The Bertz CT molecular complexity index is 401. The predicted molar refractivity (Wildman–Crippen MR) is 136 cm³/mol. The molecular weight excluding hydrogens is 440 g/mol. The van der Waals surface area contributed by atoms with Gasteiger partial charge in [-0.05, 0) is 51.4 Å². The van der Waals surface area contributed by atoms with Crippen molar-refractivity contribution in [3.05, 3.63) is 0 Å². The van der Waals surface area contributed by atoms with Crippen LogP contribution in [0.4, 0.5) is 0 Å². The molecule has 4 atom stereocenters. The van der Waals surface area contributed by atoms with E-state index in [1.54, 1.807) is 13.8 Å². The van der Waals surface area contributed by atoms with E-state index in [0.29, 0.717) is 37.9 Å². The third-order valence-corrected chi connectivity index (χ3v) is 5.26. The van der Waals surface area contributed by atoms with Gasteiger partial charge in [0.2, 0.25) is 0 Å². The Labute approximate surface area is 208 Å². The van der Waals surface area contributed by atoms with Gasteiger partial charge in [-0.2, -0.15) is 0 Å². The largest absolute Gasteiger partial charge is 0.481 e. The van der Waals surface area contributed by atoms with Crippen LogP contribution in [0, 0.1) is 11.8 Å². The van der Waals surface area contributed by atoms with Gasteiger partial charge in [-0.25, -0.2) is 0 Å². The minimum atomic E-state index is -0.870. The molecule has 0 amide bonds. The minimum Gasteiger partial charge on any atom is -0.481 e. The van der Waals surface area contributed by atoms with Crippen LogP contribution in [0.25, 0.3) is 0 Å². The zero-order valence-electron chi connectivity index (χ0n) is 22.6. The number of carboxylic acids is 2. The monoisotopic (exact) mass is 494 g/mol. The zero-order chi connectivity index (χ0) is 26.8. The van der Waals surface area contributed by atoms with Crippen molar-refractivity contribution >= 4 is 11.9 Å². The average Bonchev–Trinajstić information content (AvgIpc) is 2.77. The van der Waals surface area contributed by atoms with Gasteiger partial charge >= 0.3 is 11.9 Å². The van der Waals surface area contributed by atoms with Crippen molar-refractivity contribution in [2.45, 2.75) is 131 Å². The summed E-state index contributed by atoms with van der Waals surface area (Å²) in [4.78, 5) is 19.8. The number of aliphatic hydroxyl groups excluding tert-OH is 2. The summed E-state index contributed by atoms with van der Waals surface area (Å²) in [6.45, 7) is 13.5. The highest BCUT2D eigenvalue weighted by molar-refractivity contribution is 5.67. The fraction of sp³-hybridized carbons (Fsp3) is 0.923. The number of rotatable bonds is 19. The molecule has 206 valence electrons. The number of hydrogen-bond donors (Lipinski definition) is 4. The van der Waals surface area contributed by atoms with Crippen LogP contribution >= 0.6 is 0 Å². The molecule has 0 aliphatic rings. The molecule has 8 nitrogen and oxygen atoms in total. The Morgan fingerprint density at radius 2 is 0.971 bits per heavy atom. The molecule has 0 rings (SSSR count). The fourth-order valence-corrected chi connectivity index (χ4v) is 2.90. The van der Waals surface area contributed by atoms with E-state index in [0.717, 1.165) is 12.8 Å². The van der Waals surface area contributed by atoms with E-state index in [4.69, 9.17) is 29.9 Å². The molecule has 0 aliphatic carbocycles. The maximum Gasteiger partial charge on any atom is 0.303 e. The van der Waals surface area contributed by atoms with Crippen molar-refractivity contribution in [1.82, 2.24) is 0 Å². The molecule has 0 fully saturated rings. The summed E-state index contributed by atoms with van der Waals surface area (Å²) < 4.78 is 10.3. The lowest BCUT2D eigenvalue weighted by molar-refractivity contribution is -0.139. The molecule has 0 saturated carbocycles. The first-order valence-corrected chi connectivity index (χ1v) is 13.1.